The molecule has 2 rings (SSSR count). The molecule has 76 valence electrons. The molecule has 0 aliphatic rings. The fourth-order valence-corrected chi connectivity index (χ4v) is 1.46. The highest BCUT2D eigenvalue weighted by Gasteiger charge is 2.04. The molecule has 0 amide bonds. The standard InChI is InChI=1S/C12H11FN2/c1-8-2-3-9(13)6-11(8)12-7-10(14)4-5-15-12/h2-7H,1H3,(H2,14,15). The topological polar surface area (TPSA) is 38.9 Å². The Morgan fingerprint density at radius 1 is 1.20 bits per heavy atom. The molecule has 1 heterocycles. The van der Waals surface area contributed by atoms with Crippen LogP contribution in [0.15, 0.2) is 36.5 Å². The predicted octanol–water partition coefficient (Wildman–Crippen LogP) is 2.78. The van der Waals surface area contributed by atoms with Crippen molar-refractivity contribution >= 4 is 5.69 Å². The minimum Gasteiger partial charge on any atom is -0.399 e. The van der Waals surface area contributed by atoms with Crippen LogP contribution < -0.4 is 5.73 Å². The van der Waals surface area contributed by atoms with Gasteiger partial charge in [-0.15, -0.1) is 0 Å². The molecule has 0 atom stereocenters. The SMILES string of the molecule is Cc1ccc(F)cc1-c1cc(N)ccn1. The summed E-state index contributed by atoms with van der Waals surface area (Å²) in [5.74, 6) is -0.264. The zero-order valence-corrected chi connectivity index (χ0v) is 8.37. The van der Waals surface area contributed by atoms with Gasteiger partial charge in [0.25, 0.3) is 0 Å². The van der Waals surface area contributed by atoms with Crippen molar-refractivity contribution in [1.29, 1.82) is 0 Å². The third-order valence-electron chi connectivity index (χ3n) is 2.26. The molecule has 0 saturated heterocycles. The first kappa shape index (κ1) is 9.65. The van der Waals surface area contributed by atoms with Crippen molar-refractivity contribution in [3.63, 3.8) is 0 Å². The number of halogens is 1. The summed E-state index contributed by atoms with van der Waals surface area (Å²) in [5, 5.41) is 0. The molecule has 2 N–H and O–H groups in total. The van der Waals surface area contributed by atoms with Crippen LogP contribution in [0.2, 0.25) is 0 Å². The average Bonchev–Trinajstić information content (AvgIpc) is 2.22. The van der Waals surface area contributed by atoms with Gasteiger partial charge in [-0.05, 0) is 36.8 Å². The normalized spacial score (nSPS) is 10.3. The number of benzene rings is 1. The van der Waals surface area contributed by atoms with E-state index in [0.717, 1.165) is 11.1 Å². The minimum atomic E-state index is -0.264. The lowest BCUT2D eigenvalue weighted by atomic mass is 10.0. The van der Waals surface area contributed by atoms with Crippen molar-refractivity contribution in [3.8, 4) is 11.3 Å². The van der Waals surface area contributed by atoms with Gasteiger partial charge in [0.2, 0.25) is 0 Å². The van der Waals surface area contributed by atoms with Crippen LogP contribution in [0, 0.1) is 12.7 Å². The van der Waals surface area contributed by atoms with Crippen molar-refractivity contribution in [3.05, 3.63) is 47.9 Å². The lowest BCUT2D eigenvalue weighted by Gasteiger charge is -2.05. The summed E-state index contributed by atoms with van der Waals surface area (Å²) >= 11 is 0. The Morgan fingerprint density at radius 3 is 2.73 bits per heavy atom. The molecule has 0 bridgehead atoms. The summed E-state index contributed by atoms with van der Waals surface area (Å²) in [6.45, 7) is 1.92. The Hall–Kier alpha value is -1.90. The van der Waals surface area contributed by atoms with Crippen molar-refractivity contribution in [1.82, 2.24) is 4.98 Å². The van der Waals surface area contributed by atoms with Crippen LogP contribution in [0.3, 0.4) is 0 Å². The molecule has 0 aliphatic carbocycles. The molecule has 0 unspecified atom stereocenters. The molecule has 3 heteroatoms. The van der Waals surface area contributed by atoms with Crippen molar-refractivity contribution in [2.45, 2.75) is 6.92 Å². The summed E-state index contributed by atoms with van der Waals surface area (Å²) in [6.07, 6.45) is 1.62. The Bertz CT molecular complexity index is 495. The van der Waals surface area contributed by atoms with E-state index in [-0.39, 0.29) is 5.82 Å². The molecular weight excluding hydrogens is 191 g/mol. The zero-order chi connectivity index (χ0) is 10.8. The second-order valence-corrected chi connectivity index (χ2v) is 3.43. The van der Waals surface area contributed by atoms with Gasteiger partial charge in [0.05, 0.1) is 5.69 Å². The number of hydrogen-bond donors (Lipinski definition) is 1. The van der Waals surface area contributed by atoms with Crippen LogP contribution in [0.25, 0.3) is 11.3 Å². The predicted molar refractivity (Wildman–Crippen MR) is 58.8 cm³/mol. The van der Waals surface area contributed by atoms with Crippen LogP contribution >= 0.6 is 0 Å². The van der Waals surface area contributed by atoms with Crippen LogP contribution in [-0.2, 0) is 0 Å². The molecular formula is C12H11FN2. The molecule has 1 aromatic heterocycles. The summed E-state index contributed by atoms with van der Waals surface area (Å²) < 4.78 is 13.1. The Labute approximate surface area is 87.6 Å². The second-order valence-electron chi connectivity index (χ2n) is 3.43. The third-order valence-corrected chi connectivity index (χ3v) is 2.26. The maximum absolute atomic E-state index is 13.1. The molecule has 0 spiro atoms. The third kappa shape index (κ3) is 1.96. The largest absolute Gasteiger partial charge is 0.399 e. The van der Waals surface area contributed by atoms with Gasteiger partial charge in [0.15, 0.2) is 0 Å². The van der Waals surface area contributed by atoms with Crippen molar-refractivity contribution in [2.75, 3.05) is 5.73 Å². The van der Waals surface area contributed by atoms with Gasteiger partial charge in [0.1, 0.15) is 5.82 Å². The lowest BCUT2D eigenvalue weighted by Crippen LogP contribution is -1.91. The highest BCUT2D eigenvalue weighted by atomic mass is 19.1. The number of pyridine rings is 1. The van der Waals surface area contributed by atoms with Crippen LogP contribution in [0.4, 0.5) is 10.1 Å². The van der Waals surface area contributed by atoms with E-state index < -0.39 is 0 Å². The quantitative estimate of drug-likeness (QED) is 0.772. The van der Waals surface area contributed by atoms with E-state index in [1.165, 1.54) is 12.1 Å². The van der Waals surface area contributed by atoms with E-state index in [9.17, 15) is 4.39 Å². The Kier molecular flexibility index (Phi) is 2.37. The molecule has 1 aromatic carbocycles. The molecule has 15 heavy (non-hydrogen) atoms. The molecule has 2 aromatic rings. The van der Waals surface area contributed by atoms with Crippen LogP contribution in [-0.4, -0.2) is 4.98 Å². The minimum absolute atomic E-state index is 0.264. The first-order valence-corrected chi connectivity index (χ1v) is 4.65. The number of nitrogens with two attached hydrogens (primary N) is 1. The van der Waals surface area contributed by atoms with E-state index in [0.29, 0.717) is 11.4 Å². The highest BCUT2D eigenvalue weighted by molar-refractivity contribution is 5.66. The maximum Gasteiger partial charge on any atom is 0.123 e. The monoisotopic (exact) mass is 202 g/mol. The van der Waals surface area contributed by atoms with E-state index >= 15 is 0 Å². The molecule has 0 radical (unpaired) electrons. The Morgan fingerprint density at radius 2 is 2.00 bits per heavy atom. The Balaban J connectivity index is 2.58. The highest BCUT2D eigenvalue weighted by Crippen LogP contribution is 2.23. The average molecular weight is 202 g/mol. The summed E-state index contributed by atoms with van der Waals surface area (Å²) in [6, 6.07) is 8.08. The fourth-order valence-electron chi connectivity index (χ4n) is 1.46. The van der Waals surface area contributed by atoms with E-state index in [1.54, 1.807) is 24.4 Å². The molecule has 2 nitrogen and oxygen atoms in total. The number of hydrogen-bond acceptors (Lipinski definition) is 2. The smallest absolute Gasteiger partial charge is 0.123 e. The first-order chi connectivity index (χ1) is 7.16. The summed E-state index contributed by atoms with van der Waals surface area (Å²) in [5.41, 5.74) is 8.74. The second kappa shape index (κ2) is 3.69. The van der Waals surface area contributed by atoms with Gasteiger partial charge in [-0.3, -0.25) is 4.98 Å². The number of aromatic nitrogens is 1. The molecule has 0 fully saturated rings. The van der Waals surface area contributed by atoms with Gasteiger partial charge in [-0.1, -0.05) is 6.07 Å². The van der Waals surface area contributed by atoms with Crippen molar-refractivity contribution < 1.29 is 4.39 Å². The fraction of sp³-hybridized carbons (Fsp3) is 0.0833. The first-order valence-electron chi connectivity index (χ1n) is 4.65. The number of rotatable bonds is 1. The number of aryl methyl sites for hydroxylation is 1. The van der Waals surface area contributed by atoms with Gasteiger partial charge in [0, 0.05) is 17.4 Å². The number of nitrogen functional groups attached to an aromatic ring is 1. The van der Waals surface area contributed by atoms with Gasteiger partial charge in [-0.2, -0.15) is 0 Å². The van der Waals surface area contributed by atoms with Gasteiger partial charge in [-0.25, -0.2) is 4.39 Å². The van der Waals surface area contributed by atoms with Crippen LogP contribution in [0.1, 0.15) is 5.56 Å². The lowest BCUT2D eigenvalue weighted by molar-refractivity contribution is 0.628. The van der Waals surface area contributed by atoms with Crippen molar-refractivity contribution in [2.24, 2.45) is 0 Å². The van der Waals surface area contributed by atoms with E-state index in [2.05, 4.69) is 4.98 Å². The zero-order valence-electron chi connectivity index (χ0n) is 8.37. The van der Waals surface area contributed by atoms with Gasteiger partial charge < -0.3 is 5.73 Å². The molecule has 0 saturated carbocycles. The van der Waals surface area contributed by atoms with E-state index in [1.807, 2.05) is 6.92 Å². The van der Waals surface area contributed by atoms with E-state index in [4.69, 9.17) is 5.73 Å². The maximum atomic E-state index is 13.1. The molecule has 0 aliphatic heterocycles. The number of anilines is 1. The van der Waals surface area contributed by atoms with Crippen LogP contribution in [0.5, 0.6) is 0 Å². The summed E-state index contributed by atoms with van der Waals surface area (Å²) in [4.78, 5) is 4.17. The summed E-state index contributed by atoms with van der Waals surface area (Å²) in [7, 11) is 0. The number of nitrogens with zero attached hydrogens (tertiary/aromatic N) is 1. The van der Waals surface area contributed by atoms with Gasteiger partial charge >= 0.3 is 0 Å².